The molecular formula is C19H25NO4. The molecule has 5 heteroatoms. The van der Waals surface area contributed by atoms with Gasteiger partial charge in [-0.3, -0.25) is 4.79 Å². The van der Waals surface area contributed by atoms with Crippen molar-refractivity contribution < 1.29 is 19.4 Å². The van der Waals surface area contributed by atoms with Crippen LogP contribution in [0.25, 0.3) is 0 Å². The number of carbonyl (C=O) groups excluding carboxylic acids is 1. The van der Waals surface area contributed by atoms with Gasteiger partial charge >= 0.3 is 5.97 Å². The van der Waals surface area contributed by atoms with Crippen molar-refractivity contribution in [3.63, 3.8) is 0 Å². The number of ether oxygens (including phenoxy) is 1. The topological polar surface area (TPSA) is 66.8 Å². The highest BCUT2D eigenvalue weighted by atomic mass is 16.5. The smallest absolute Gasteiger partial charge is 0.326 e. The molecule has 1 saturated carbocycles. The molecule has 1 heterocycles. The molecule has 5 nitrogen and oxygen atoms in total. The zero-order valence-corrected chi connectivity index (χ0v) is 14.1. The zero-order valence-electron chi connectivity index (χ0n) is 14.1. The summed E-state index contributed by atoms with van der Waals surface area (Å²) in [5.41, 5.74) is 0.986. The van der Waals surface area contributed by atoms with Crippen molar-refractivity contribution in [1.82, 2.24) is 4.90 Å². The van der Waals surface area contributed by atoms with Gasteiger partial charge in [0, 0.05) is 12.5 Å². The number of rotatable bonds is 5. The molecule has 2 aliphatic rings. The van der Waals surface area contributed by atoms with Gasteiger partial charge in [-0.15, -0.1) is 0 Å². The quantitative estimate of drug-likeness (QED) is 0.901. The zero-order chi connectivity index (χ0) is 17.1. The number of amides is 1. The lowest BCUT2D eigenvalue weighted by Crippen LogP contribution is -2.46. The van der Waals surface area contributed by atoms with Gasteiger partial charge < -0.3 is 14.7 Å². The van der Waals surface area contributed by atoms with Gasteiger partial charge in [0.15, 0.2) is 0 Å². The predicted octanol–water partition coefficient (Wildman–Crippen LogP) is 2.87. The number of fused-ring (bicyclic) bond motifs is 1. The second-order valence-corrected chi connectivity index (χ2v) is 6.81. The van der Waals surface area contributed by atoms with Crippen LogP contribution in [0, 0.1) is 5.92 Å². The number of para-hydroxylation sites is 1. The maximum absolute atomic E-state index is 12.8. The summed E-state index contributed by atoms with van der Waals surface area (Å²) in [6, 6.07) is 7.13. The molecule has 3 unspecified atom stereocenters. The number of benzene rings is 1. The molecule has 1 aromatic rings. The van der Waals surface area contributed by atoms with Crippen molar-refractivity contribution in [3.8, 4) is 5.75 Å². The number of aliphatic carboxylic acids is 1. The molecule has 1 amide bonds. The van der Waals surface area contributed by atoms with Crippen molar-refractivity contribution in [3.05, 3.63) is 29.8 Å². The summed E-state index contributed by atoms with van der Waals surface area (Å²) in [5, 5.41) is 9.53. The van der Waals surface area contributed by atoms with Crippen LogP contribution >= 0.6 is 0 Å². The first-order valence-electron chi connectivity index (χ1n) is 8.77. The van der Waals surface area contributed by atoms with Gasteiger partial charge in [0.1, 0.15) is 11.8 Å². The highest BCUT2D eigenvalue weighted by Gasteiger charge is 2.47. The van der Waals surface area contributed by atoms with Crippen molar-refractivity contribution >= 4 is 11.9 Å². The normalized spacial score (nSPS) is 26.0. The standard InChI is InChI=1S/C19H25NO4/c1-24-17-9-5-3-6-13(17)10-11-18(21)20-15-8-4-2-7-14(15)12-16(20)19(22)23/h3,5-6,9,14-16H,2,4,7-8,10-12H2,1H3,(H,22,23). The van der Waals surface area contributed by atoms with Crippen LogP contribution in [0.4, 0.5) is 0 Å². The molecule has 0 aromatic heterocycles. The summed E-state index contributed by atoms with van der Waals surface area (Å²) >= 11 is 0. The number of aryl methyl sites for hydroxylation is 1. The van der Waals surface area contributed by atoms with Crippen LogP contribution in [0.15, 0.2) is 24.3 Å². The monoisotopic (exact) mass is 331 g/mol. The second kappa shape index (κ2) is 7.24. The number of methoxy groups -OCH3 is 1. The van der Waals surface area contributed by atoms with Crippen molar-refractivity contribution in [2.24, 2.45) is 5.92 Å². The molecule has 1 saturated heterocycles. The Kier molecular flexibility index (Phi) is 5.07. The molecule has 24 heavy (non-hydrogen) atoms. The molecule has 0 bridgehead atoms. The maximum atomic E-state index is 12.8. The van der Waals surface area contributed by atoms with Gasteiger partial charge in [-0.05, 0) is 43.2 Å². The molecule has 130 valence electrons. The van der Waals surface area contributed by atoms with Crippen LogP contribution in [0.3, 0.4) is 0 Å². The molecule has 0 radical (unpaired) electrons. The number of hydrogen-bond donors (Lipinski definition) is 1. The van der Waals surface area contributed by atoms with E-state index < -0.39 is 12.0 Å². The fourth-order valence-electron chi connectivity index (χ4n) is 4.32. The molecule has 1 aliphatic heterocycles. The third-order valence-electron chi connectivity index (χ3n) is 5.46. The van der Waals surface area contributed by atoms with Crippen LogP contribution in [-0.2, 0) is 16.0 Å². The van der Waals surface area contributed by atoms with Gasteiger partial charge in [-0.1, -0.05) is 31.0 Å². The Morgan fingerprint density at radius 2 is 2.00 bits per heavy atom. The Hall–Kier alpha value is -2.04. The molecule has 1 N–H and O–H groups in total. The van der Waals surface area contributed by atoms with Crippen molar-refractivity contribution in [1.29, 1.82) is 0 Å². The Morgan fingerprint density at radius 3 is 2.75 bits per heavy atom. The lowest BCUT2D eigenvalue weighted by molar-refractivity contribution is -0.149. The number of hydrogen-bond acceptors (Lipinski definition) is 3. The Morgan fingerprint density at radius 1 is 1.25 bits per heavy atom. The van der Waals surface area contributed by atoms with Crippen LogP contribution < -0.4 is 4.74 Å². The fraction of sp³-hybridized carbons (Fsp3) is 0.579. The van der Waals surface area contributed by atoms with E-state index in [2.05, 4.69) is 0 Å². The van der Waals surface area contributed by atoms with Crippen LogP contribution in [0.5, 0.6) is 5.75 Å². The molecular weight excluding hydrogens is 306 g/mol. The summed E-state index contributed by atoms with van der Waals surface area (Å²) in [4.78, 5) is 26.1. The molecule has 2 fully saturated rings. The first-order valence-corrected chi connectivity index (χ1v) is 8.77. The SMILES string of the molecule is COc1ccccc1CCC(=O)N1C(C(=O)O)CC2CCCCC21. The average Bonchev–Trinajstić information content (AvgIpc) is 3.00. The minimum atomic E-state index is -0.866. The lowest BCUT2D eigenvalue weighted by atomic mass is 9.84. The second-order valence-electron chi connectivity index (χ2n) is 6.81. The highest BCUT2D eigenvalue weighted by Crippen LogP contribution is 2.40. The molecule has 1 aliphatic carbocycles. The van der Waals surface area contributed by atoms with E-state index in [-0.39, 0.29) is 11.9 Å². The van der Waals surface area contributed by atoms with E-state index in [1.165, 1.54) is 0 Å². The summed E-state index contributed by atoms with van der Waals surface area (Å²) < 4.78 is 5.33. The Balaban J connectivity index is 1.71. The van der Waals surface area contributed by atoms with Gasteiger partial charge in [-0.25, -0.2) is 4.79 Å². The van der Waals surface area contributed by atoms with E-state index in [1.807, 2.05) is 24.3 Å². The number of nitrogens with zero attached hydrogens (tertiary/aromatic N) is 1. The van der Waals surface area contributed by atoms with E-state index in [0.717, 1.165) is 37.0 Å². The first-order chi connectivity index (χ1) is 11.6. The Labute approximate surface area is 142 Å². The largest absolute Gasteiger partial charge is 0.496 e. The number of carboxylic acid groups (broad SMARTS) is 1. The van der Waals surface area contributed by atoms with E-state index >= 15 is 0 Å². The summed E-state index contributed by atoms with van der Waals surface area (Å²) in [6.45, 7) is 0. The number of likely N-dealkylation sites (tertiary alicyclic amines) is 1. The molecule has 3 rings (SSSR count). The summed E-state index contributed by atoms with van der Waals surface area (Å²) in [5.74, 6) is 0.227. The van der Waals surface area contributed by atoms with Gasteiger partial charge in [0.05, 0.1) is 7.11 Å². The highest BCUT2D eigenvalue weighted by molar-refractivity contribution is 5.85. The van der Waals surface area contributed by atoms with Crippen molar-refractivity contribution in [2.75, 3.05) is 7.11 Å². The predicted molar refractivity (Wildman–Crippen MR) is 89.9 cm³/mol. The number of carbonyl (C=O) groups is 2. The Bertz CT molecular complexity index is 615. The number of carboxylic acids is 1. The first kappa shape index (κ1) is 16.8. The lowest BCUT2D eigenvalue weighted by Gasteiger charge is -2.33. The summed E-state index contributed by atoms with van der Waals surface area (Å²) in [6.07, 6.45) is 5.73. The van der Waals surface area contributed by atoms with Gasteiger partial charge in [0.25, 0.3) is 0 Å². The fourth-order valence-corrected chi connectivity index (χ4v) is 4.32. The molecule has 0 spiro atoms. The van der Waals surface area contributed by atoms with Crippen LogP contribution in [0.2, 0.25) is 0 Å². The maximum Gasteiger partial charge on any atom is 0.326 e. The minimum Gasteiger partial charge on any atom is -0.496 e. The third kappa shape index (κ3) is 3.25. The molecule has 1 aromatic carbocycles. The van der Waals surface area contributed by atoms with Gasteiger partial charge in [-0.2, -0.15) is 0 Å². The van der Waals surface area contributed by atoms with E-state index in [0.29, 0.717) is 25.2 Å². The summed E-state index contributed by atoms with van der Waals surface area (Å²) in [7, 11) is 1.62. The molecule has 3 atom stereocenters. The minimum absolute atomic E-state index is 0.0392. The third-order valence-corrected chi connectivity index (χ3v) is 5.46. The van der Waals surface area contributed by atoms with E-state index in [9.17, 15) is 14.7 Å². The average molecular weight is 331 g/mol. The van der Waals surface area contributed by atoms with Crippen LogP contribution in [0.1, 0.15) is 44.1 Å². The van der Waals surface area contributed by atoms with Gasteiger partial charge in [0.2, 0.25) is 5.91 Å². The van der Waals surface area contributed by atoms with Crippen LogP contribution in [-0.4, -0.2) is 41.1 Å². The van der Waals surface area contributed by atoms with Crippen molar-refractivity contribution in [2.45, 2.75) is 57.0 Å². The van der Waals surface area contributed by atoms with E-state index in [1.54, 1.807) is 12.0 Å². The van der Waals surface area contributed by atoms with E-state index in [4.69, 9.17) is 4.74 Å².